The molecule has 1 atom stereocenters. The summed E-state index contributed by atoms with van der Waals surface area (Å²) >= 11 is 0. The molecule has 0 bridgehead atoms. The van der Waals surface area contributed by atoms with Crippen LogP contribution in [-0.2, 0) is 0 Å². The monoisotopic (exact) mass is 219 g/mol. The molecule has 1 nitrogen and oxygen atoms in total. The van der Waals surface area contributed by atoms with E-state index in [0.29, 0.717) is 11.8 Å². The molecule has 1 heteroatoms. The van der Waals surface area contributed by atoms with Crippen LogP contribution >= 0.6 is 0 Å². The first-order valence-corrected chi connectivity index (χ1v) is 6.28. The van der Waals surface area contributed by atoms with Crippen LogP contribution in [0, 0.1) is 19.8 Å². The van der Waals surface area contributed by atoms with Crippen molar-refractivity contribution >= 4 is 0 Å². The van der Waals surface area contributed by atoms with Crippen LogP contribution < -0.4 is 5.32 Å². The molecule has 0 amide bonds. The smallest absolute Gasteiger partial charge is 0.00460 e. The van der Waals surface area contributed by atoms with E-state index in [0.717, 1.165) is 6.54 Å². The van der Waals surface area contributed by atoms with Crippen molar-refractivity contribution in [2.75, 3.05) is 13.6 Å². The van der Waals surface area contributed by atoms with Gasteiger partial charge in [-0.1, -0.05) is 37.6 Å². The average Bonchev–Trinajstić information content (AvgIpc) is 2.23. The van der Waals surface area contributed by atoms with Gasteiger partial charge in [-0.25, -0.2) is 0 Å². The van der Waals surface area contributed by atoms with Gasteiger partial charge in [0.2, 0.25) is 0 Å². The van der Waals surface area contributed by atoms with Crippen LogP contribution in [0.4, 0.5) is 0 Å². The Balaban J connectivity index is 2.95. The molecule has 0 aliphatic carbocycles. The quantitative estimate of drug-likeness (QED) is 0.797. The van der Waals surface area contributed by atoms with Gasteiger partial charge in [-0.15, -0.1) is 0 Å². The van der Waals surface area contributed by atoms with Crippen molar-refractivity contribution in [1.82, 2.24) is 5.32 Å². The highest BCUT2D eigenvalue weighted by Gasteiger charge is 2.17. The van der Waals surface area contributed by atoms with Gasteiger partial charge in [0.25, 0.3) is 0 Å². The zero-order valence-corrected chi connectivity index (χ0v) is 11.3. The molecule has 0 saturated heterocycles. The molecule has 0 spiro atoms. The van der Waals surface area contributed by atoms with Crippen molar-refractivity contribution < 1.29 is 0 Å². The van der Waals surface area contributed by atoms with Gasteiger partial charge >= 0.3 is 0 Å². The number of rotatable bonds is 5. The predicted octanol–water partition coefficient (Wildman–Crippen LogP) is 3.65. The van der Waals surface area contributed by atoms with Gasteiger partial charge in [0, 0.05) is 0 Å². The Bertz CT molecular complexity index is 328. The molecule has 1 aromatic carbocycles. The first kappa shape index (κ1) is 13.2. The van der Waals surface area contributed by atoms with Crippen molar-refractivity contribution in [2.45, 2.75) is 40.0 Å². The molecule has 0 saturated carbocycles. The van der Waals surface area contributed by atoms with Gasteiger partial charge in [0.1, 0.15) is 0 Å². The number of benzene rings is 1. The molecule has 1 N–H and O–H groups in total. The van der Waals surface area contributed by atoms with Crippen LogP contribution in [0.5, 0.6) is 0 Å². The third-order valence-corrected chi connectivity index (χ3v) is 3.34. The summed E-state index contributed by atoms with van der Waals surface area (Å²) < 4.78 is 0. The van der Waals surface area contributed by atoms with Crippen molar-refractivity contribution in [1.29, 1.82) is 0 Å². The van der Waals surface area contributed by atoms with Crippen molar-refractivity contribution in [2.24, 2.45) is 5.92 Å². The van der Waals surface area contributed by atoms with E-state index in [1.165, 1.54) is 23.1 Å². The second-order valence-corrected chi connectivity index (χ2v) is 5.10. The van der Waals surface area contributed by atoms with Crippen LogP contribution in [0.15, 0.2) is 18.2 Å². The lowest BCUT2D eigenvalue weighted by atomic mass is 9.83. The molecule has 0 heterocycles. The van der Waals surface area contributed by atoms with E-state index in [9.17, 15) is 0 Å². The van der Waals surface area contributed by atoms with Gasteiger partial charge < -0.3 is 5.32 Å². The summed E-state index contributed by atoms with van der Waals surface area (Å²) in [4.78, 5) is 0. The standard InChI is InChI=1S/C15H25N/c1-11(2)14(8-9-16-5)15-10-12(3)6-7-13(15)4/h6-7,10-11,14,16H,8-9H2,1-5H3. The summed E-state index contributed by atoms with van der Waals surface area (Å²) in [6, 6.07) is 6.81. The maximum Gasteiger partial charge on any atom is -0.00460 e. The van der Waals surface area contributed by atoms with Crippen molar-refractivity contribution in [3.05, 3.63) is 34.9 Å². The Morgan fingerprint density at radius 1 is 1.19 bits per heavy atom. The highest BCUT2D eigenvalue weighted by atomic mass is 14.8. The summed E-state index contributed by atoms with van der Waals surface area (Å²) in [6.07, 6.45) is 1.22. The molecule has 16 heavy (non-hydrogen) atoms. The highest BCUT2D eigenvalue weighted by molar-refractivity contribution is 5.33. The lowest BCUT2D eigenvalue weighted by Crippen LogP contribution is -2.16. The number of hydrogen-bond donors (Lipinski definition) is 1. The number of hydrogen-bond acceptors (Lipinski definition) is 1. The van der Waals surface area contributed by atoms with Crippen LogP contribution in [-0.4, -0.2) is 13.6 Å². The normalized spacial score (nSPS) is 13.1. The molecule has 1 unspecified atom stereocenters. The third-order valence-electron chi connectivity index (χ3n) is 3.34. The predicted molar refractivity (Wildman–Crippen MR) is 72.0 cm³/mol. The maximum atomic E-state index is 3.26. The third kappa shape index (κ3) is 3.34. The Morgan fingerprint density at radius 3 is 2.44 bits per heavy atom. The molecular formula is C15H25N. The summed E-state index contributed by atoms with van der Waals surface area (Å²) in [7, 11) is 2.03. The number of nitrogens with one attached hydrogen (secondary N) is 1. The van der Waals surface area contributed by atoms with Gasteiger partial charge in [-0.3, -0.25) is 0 Å². The minimum Gasteiger partial charge on any atom is -0.320 e. The minimum atomic E-state index is 0.673. The first-order valence-electron chi connectivity index (χ1n) is 6.28. The van der Waals surface area contributed by atoms with Crippen molar-refractivity contribution in [3.63, 3.8) is 0 Å². The Morgan fingerprint density at radius 2 is 1.88 bits per heavy atom. The lowest BCUT2D eigenvalue weighted by molar-refractivity contribution is 0.459. The Labute approximate surface area is 100 Å². The van der Waals surface area contributed by atoms with E-state index in [2.05, 4.69) is 51.2 Å². The molecule has 90 valence electrons. The molecule has 0 fully saturated rings. The fraction of sp³-hybridized carbons (Fsp3) is 0.600. The molecule has 0 aliphatic rings. The maximum absolute atomic E-state index is 3.26. The molecule has 0 aromatic heterocycles. The summed E-state index contributed by atoms with van der Waals surface area (Å²) in [5.41, 5.74) is 4.33. The molecule has 1 aromatic rings. The molecule has 0 aliphatic heterocycles. The summed E-state index contributed by atoms with van der Waals surface area (Å²) in [5, 5.41) is 3.26. The molecule has 1 rings (SSSR count). The van der Waals surface area contributed by atoms with Gasteiger partial charge in [-0.05, 0) is 56.8 Å². The zero-order chi connectivity index (χ0) is 12.1. The molecule has 0 radical (unpaired) electrons. The first-order chi connectivity index (χ1) is 7.56. The lowest BCUT2D eigenvalue weighted by Gasteiger charge is -2.23. The second kappa shape index (κ2) is 6.05. The van der Waals surface area contributed by atoms with E-state index in [1.807, 2.05) is 7.05 Å². The van der Waals surface area contributed by atoms with Gasteiger partial charge in [-0.2, -0.15) is 0 Å². The van der Waals surface area contributed by atoms with Crippen LogP contribution in [0.1, 0.15) is 42.9 Å². The second-order valence-electron chi connectivity index (χ2n) is 5.10. The van der Waals surface area contributed by atoms with Crippen LogP contribution in [0.2, 0.25) is 0 Å². The number of aryl methyl sites for hydroxylation is 2. The highest BCUT2D eigenvalue weighted by Crippen LogP contribution is 2.30. The van der Waals surface area contributed by atoms with E-state index >= 15 is 0 Å². The van der Waals surface area contributed by atoms with Gasteiger partial charge in [0.05, 0.1) is 0 Å². The fourth-order valence-corrected chi connectivity index (χ4v) is 2.31. The van der Waals surface area contributed by atoms with Crippen LogP contribution in [0.3, 0.4) is 0 Å². The summed E-state index contributed by atoms with van der Waals surface area (Å²) in [5.74, 6) is 1.38. The van der Waals surface area contributed by atoms with Crippen LogP contribution in [0.25, 0.3) is 0 Å². The SMILES string of the molecule is CNCCC(c1cc(C)ccc1C)C(C)C. The van der Waals surface area contributed by atoms with E-state index in [4.69, 9.17) is 0 Å². The average molecular weight is 219 g/mol. The minimum absolute atomic E-state index is 0.673. The van der Waals surface area contributed by atoms with E-state index < -0.39 is 0 Å². The summed E-state index contributed by atoms with van der Waals surface area (Å²) in [6.45, 7) is 10.1. The zero-order valence-electron chi connectivity index (χ0n) is 11.3. The Kier molecular flexibility index (Phi) is 5.01. The fourth-order valence-electron chi connectivity index (χ4n) is 2.31. The molecular weight excluding hydrogens is 194 g/mol. The Hall–Kier alpha value is -0.820. The van der Waals surface area contributed by atoms with E-state index in [-0.39, 0.29) is 0 Å². The largest absolute Gasteiger partial charge is 0.320 e. The topological polar surface area (TPSA) is 12.0 Å². The van der Waals surface area contributed by atoms with Gasteiger partial charge in [0.15, 0.2) is 0 Å². The van der Waals surface area contributed by atoms with E-state index in [1.54, 1.807) is 0 Å². The van der Waals surface area contributed by atoms with Crippen molar-refractivity contribution in [3.8, 4) is 0 Å².